The minimum absolute atomic E-state index is 0. The summed E-state index contributed by atoms with van der Waals surface area (Å²) in [6.07, 6.45) is 12.6. The number of halogens is 1. The Labute approximate surface area is 160 Å². The lowest BCUT2D eigenvalue weighted by atomic mass is 9.86. The highest BCUT2D eigenvalue weighted by Gasteiger charge is 2.16. The summed E-state index contributed by atoms with van der Waals surface area (Å²) in [4.78, 5) is 6.78. The van der Waals surface area contributed by atoms with Crippen LogP contribution in [0, 0.1) is 11.8 Å². The third kappa shape index (κ3) is 8.57. The van der Waals surface area contributed by atoms with Gasteiger partial charge in [-0.3, -0.25) is 4.99 Å². The van der Waals surface area contributed by atoms with E-state index in [0.29, 0.717) is 0 Å². The molecular weight excluding hydrogens is 399 g/mol. The van der Waals surface area contributed by atoms with Gasteiger partial charge in [-0.15, -0.1) is 24.0 Å². The van der Waals surface area contributed by atoms with E-state index in [9.17, 15) is 0 Å². The molecule has 1 aliphatic heterocycles. The summed E-state index contributed by atoms with van der Waals surface area (Å²) in [5.41, 5.74) is 0. The van der Waals surface area contributed by atoms with Crippen LogP contribution >= 0.6 is 24.0 Å². The molecule has 1 aliphatic carbocycles. The van der Waals surface area contributed by atoms with E-state index in [2.05, 4.69) is 27.6 Å². The first-order chi connectivity index (χ1) is 10.8. The molecular formula is C18H37IN4. The van der Waals surface area contributed by atoms with Gasteiger partial charge in [-0.25, -0.2) is 0 Å². The zero-order valence-corrected chi connectivity index (χ0v) is 17.5. The molecule has 1 heterocycles. The molecule has 23 heavy (non-hydrogen) atoms. The van der Waals surface area contributed by atoms with Crippen molar-refractivity contribution >= 4 is 29.9 Å². The standard InChI is InChI=1S/C18H36N4.HI/c1-19-18(21-15-17-10-13-22(2)14-11-17)20-12-6-9-16-7-4-3-5-8-16;/h16-17H,3-15H2,1-2H3,(H2,19,20,21);1H. The lowest BCUT2D eigenvalue weighted by Crippen LogP contribution is -2.42. The molecule has 2 aliphatic rings. The zero-order chi connectivity index (χ0) is 15.6. The SMILES string of the molecule is CN=C(NCCCC1CCCCC1)NCC1CCN(C)CC1.I. The fraction of sp³-hybridized carbons (Fsp3) is 0.944. The van der Waals surface area contributed by atoms with Crippen molar-refractivity contribution in [1.29, 1.82) is 0 Å². The minimum Gasteiger partial charge on any atom is -0.356 e. The number of nitrogens with one attached hydrogen (secondary N) is 2. The van der Waals surface area contributed by atoms with Gasteiger partial charge in [0.15, 0.2) is 5.96 Å². The van der Waals surface area contributed by atoms with Crippen LogP contribution in [0.15, 0.2) is 4.99 Å². The first-order valence-electron chi connectivity index (χ1n) is 9.41. The van der Waals surface area contributed by atoms with Gasteiger partial charge in [-0.05, 0) is 57.7 Å². The zero-order valence-electron chi connectivity index (χ0n) is 15.1. The fourth-order valence-electron chi connectivity index (χ4n) is 3.80. The Bertz CT molecular complexity index is 321. The highest BCUT2D eigenvalue weighted by atomic mass is 127. The fourth-order valence-corrected chi connectivity index (χ4v) is 3.80. The van der Waals surface area contributed by atoms with Gasteiger partial charge in [-0.2, -0.15) is 0 Å². The first kappa shape index (κ1) is 21.0. The number of aliphatic imine (C=N–C) groups is 1. The molecule has 0 bridgehead atoms. The Hall–Kier alpha value is -0.0400. The van der Waals surface area contributed by atoms with E-state index in [1.807, 2.05) is 7.05 Å². The molecule has 136 valence electrons. The Kier molecular flexibility index (Phi) is 11.3. The minimum atomic E-state index is 0. The van der Waals surface area contributed by atoms with Crippen LogP contribution in [0.3, 0.4) is 0 Å². The summed E-state index contributed by atoms with van der Waals surface area (Å²) in [7, 11) is 4.10. The second kappa shape index (κ2) is 12.3. The van der Waals surface area contributed by atoms with Gasteiger partial charge in [0.05, 0.1) is 0 Å². The van der Waals surface area contributed by atoms with Crippen LogP contribution in [0.1, 0.15) is 57.8 Å². The van der Waals surface area contributed by atoms with E-state index in [4.69, 9.17) is 0 Å². The van der Waals surface area contributed by atoms with Gasteiger partial charge in [0.2, 0.25) is 0 Å². The summed E-state index contributed by atoms with van der Waals surface area (Å²) in [6.45, 7) is 4.60. The molecule has 2 rings (SSSR count). The predicted molar refractivity (Wildman–Crippen MR) is 111 cm³/mol. The van der Waals surface area contributed by atoms with Crippen molar-refractivity contribution in [3.05, 3.63) is 0 Å². The Morgan fingerprint density at radius 1 is 1.00 bits per heavy atom. The van der Waals surface area contributed by atoms with E-state index in [1.54, 1.807) is 0 Å². The van der Waals surface area contributed by atoms with Gasteiger partial charge in [-0.1, -0.05) is 32.1 Å². The average Bonchev–Trinajstić information content (AvgIpc) is 2.57. The van der Waals surface area contributed by atoms with Crippen molar-refractivity contribution in [2.24, 2.45) is 16.8 Å². The highest BCUT2D eigenvalue weighted by molar-refractivity contribution is 14.0. The molecule has 1 saturated heterocycles. The predicted octanol–water partition coefficient (Wildman–Crippen LogP) is 3.47. The highest BCUT2D eigenvalue weighted by Crippen LogP contribution is 2.26. The summed E-state index contributed by atoms with van der Waals surface area (Å²) in [5, 5.41) is 7.00. The van der Waals surface area contributed by atoms with Crippen LogP contribution in [0.2, 0.25) is 0 Å². The molecule has 0 atom stereocenters. The molecule has 0 radical (unpaired) electrons. The summed E-state index contributed by atoms with van der Waals surface area (Å²) < 4.78 is 0. The maximum absolute atomic E-state index is 4.36. The van der Waals surface area contributed by atoms with Crippen molar-refractivity contribution in [2.45, 2.75) is 57.8 Å². The van der Waals surface area contributed by atoms with E-state index in [1.165, 1.54) is 70.9 Å². The number of likely N-dealkylation sites (tertiary alicyclic amines) is 1. The van der Waals surface area contributed by atoms with Crippen LogP contribution in [0.4, 0.5) is 0 Å². The number of piperidine rings is 1. The third-order valence-electron chi connectivity index (χ3n) is 5.43. The van der Waals surface area contributed by atoms with E-state index >= 15 is 0 Å². The van der Waals surface area contributed by atoms with E-state index in [0.717, 1.165) is 30.9 Å². The van der Waals surface area contributed by atoms with Gasteiger partial charge in [0.25, 0.3) is 0 Å². The number of hydrogen-bond acceptors (Lipinski definition) is 2. The van der Waals surface area contributed by atoms with Gasteiger partial charge in [0, 0.05) is 20.1 Å². The lowest BCUT2D eigenvalue weighted by molar-refractivity contribution is 0.220. The number of hydrogen-bond donors (Lipinski definition) is 2. The van der Waals surface area contributed by atoms with Gasteiger partial charge >= 0.3 is 0 Å². The van der Waals surface area contributed by atoms with Crippen LogP contribution in [-0.2, 0) is 0 Å². The van der Waals surface area contributed by atoms with E-state index < -0.39 is 0 Å². The summed E-state index contributed by atoms with van der Waals surface area (Å²) in [6, 6.07) is 0. The molecule has 5 heteroatoms. The van der Waals surface area contributed by atoms with Crippen LogP contribution in [0.25, 0.3) is 0 Å². The Balaban J connectivity index is 0.00000264. The Morgan fingerprint density at radius 2 is 1.70 bits per heavy atom. The third-order valence-corrected chi connectivity index (χ3v) is 5.43. The van der Waals surface area contributed by atoms with Crippen molar-refractivity contribution in [1.82, 2.24) is 15.5 Å². The van der Waals surface area contributed by atoms with Crippen molar-refractivity contribution in [2.75, 3.05) is 40.3 Å². The Morgan fingerprint density at radius 3 is 2.35 bits per heavy atom. The molecule has 0 aromatic rings. The summed E-state index contributed by atoms with van der Waals surface area (Å²) in [5.74, 6) is 2.78. The topological polar surface area (TPSA) is 39.7 Å². The normalized spacial score (nSPS) is 21.7. The van der Waals surface area contributed by atoms with Crippen molar-refractivity contribution < 1.29 is 0 Å². The van der Waals surface area contributed by atoms with Gasteiger partial charge < -0.3 is 15.5 Å². The molecule has 0 aromatic carbocycles. The second-order valence-corrected chi connectivity index (χ2v) is 7.27. The van der Waals surface area contributed by atoms with Crippen molar-refractivity contribution in [3.63, 3.8) is 0 Å². The molecule has 2 fully saturated rings. The quantitative estimate of drug-likeness (QED) is 0.290. The number of nitrogens with zero attached hydrogens (tertiary/aromatic N) is 2. The van der Waals surface area contributed by atoms with Crippen LogP contribution < -0.4 is 10.6 Å². The lowest BCUT2D eigenvalue weighted by Gasteiger charge is -2.29. The van der Waals surface area contributed by atoms with Crippen LogP contribution in [0.5, 0.6) is 0 Å². The summed E-state index contributed by atoms with van der Waals surface area (Å²) >= 11 is 0. The number of rotatable bonds is 6. The molecule has 0 aromatic heterocycles. The van der Waals surface area contributed by atoms with Gasteiger partial charge in [0.1, 0.15) is 0 Å². The second-order valence-electron chi connectivity index (χ2n) is 7.27. The maximum Gasteiger partial charge on any atom is 0.190 e. The number of guanidine groups is 1. The first-order valence-corrected chi connectivity index (χ1v) is 9.41. The molecule has 1 saturated carbocycles. The largest absolute Gasteiger partial charge is 0.356 e. The molecule has 2 N–H and O–H groups in total. The monoisotopic (exact) mass is 436 g/mol. The smallest absolute Gasteiger partial charge is 0.190 e. The van der Waals surface area contributed by atoms with Crippen LogP contribution in [-0.4, -0.2) is 51.1 Å². The van der Waals surface area contributed by atoms with Crippen molar-refractivity contribution in [3.8, 4) is 0 Å². The molecule has 0 amide bonds. The van der Waals surface area contributed by atoms with E-state index in [-0.39, 0.29) is 24.0 Å². The maximum atomic E-state index is 4.36. The molecule has 0 spiro atoms. The molecule has 0 unspecified atom stereocenters. The average molecular weight is 436 g/mol. The molecule has 4 nitrogen and oxygen atoms in total.